The van der Waals surface area contributed by atoms with E-state index in [1.165, 1.54) is 0 Å². The maximum absolute atomic E-state index is 9.59. The summed E-state index contributed by atoms with van der Waals surface area (Å²) in [5, 5.41) is 13.3. The molecule has 4 nitrogen and oxygen atoms in total. The standard InChI is InChI=1S/C11H14ClNO3/c1-15-11-4-7(2-3-8(11)12)13-9-5-16-6-10(9)14/h2-4,9-10,13-14H,5-6H2,1H3. The minimum absolute atomic E-state index is 0.0779. The molecule has 1 aromatic rings. The molecule has 1 aliphatic rings. The van der Waals surface area contributed by atoms with Crippen LogP contribution in [0.1, 0.15) is 0 Å². The summed E-state index contributed by atoms with van der Waals surface area (Å²) in [6.07, 6.45) is -0.471. The van der Waals surface area contributed by atoms with Crippen LogP contribution in [0.4, 0.5) is 5.69 Å². The van der Waals surface area contributed by atoms with E-state index < -0.39 is 6.10 Å². The summed E-state index contributed by atoms with van der Waals surface area (Å²) in [5.41, 5.74) is 0.857. The Bertz CT molecular complexity index is 372. The molecule has 2 N–H and O–H groups in total. The second kappa shape index (κ2) is 4.91. The van der Waals surface area contributed by atoms with Crippen LogP contribution >= 0.6 is 11.6 Å². The maximum atomic E-state index is 9.59. The number of benzene rings is 1. The van der Waals surface area contributed by atoms with Gasteiger partial charge in [-0.05, 0) is 12.1 Å². The summed E-state index contributed by atoms with van der Waals surface area (Å²) >= 11 is 5.91. The Labute approximate surface area is 99.1 Å². The first-order valence-electron chi connectivity index (χ1n) is 5.06. The molecule has 1 heterocycles. The molecule has 2 unspecified atom stereocenters. The fourth-order valence-electron chi connectivity index (χ4n) is 1.64. The fraction of sp³-hybridized carbons (Fsp3) is 0.455. The first-order chi connectivity index (χ1) is 7.70. The highest BCUT2D eigenvalue weighted by molar-refractivity contribution is 6.32. The third-order valence-corrected chi connectivity index (χ3v) is 2.87. The Hall–Kier alpha value is -0.970. The van der Waals surface area contributed by atoms with Gasteiger partial charge in [-0.15, -0.1) is 0 Å². The molecule has 1 saturated heterocycles. The van der Waals surface area contributed by atoms with E-state index in [-0.39, 0.29) is 6.04 Å². The number of methoxy groups -OCH3 is 1. The van der Waals surface area contributed by atoms with Crippen LogP contribution in [-0.4, -0.2) is 37.6 Å². The highest BCUT2D eigenvalue weighted by atomic mass is 35.5. The van der Waals surface area contributed by atoms with E-state index in [1.54, 1.807) is 19.2 Å². The summed E-state index contributed by atoms with van der Waals surface area (Å²) in [4.78, 5) is 0. The second-order valence-corrected chi connectivity index (χ2v) is 4.11. The highest BCUT2D eigenvalue weighted by Gasteiger charge is 2.25. The summed E-state index contributed by atoms with van der Waals surface area (Å²) < 4.78 is 10.3. The zero-order valence-corrected chi connectivity index (χ0v) is 9.70. The Morgan fingerprint density at radius 1 is 1.50 bits per heavy atom. The number of hydrogen-bond donors (Lipinski definition) is 2. The zero-order valence-electron chi connectivity index (χ0n) is 8.94. The average Bonchev–Trinajstić information content (AvgIpc) is 2.67. The summed E-state index contributed by atoms with van der Waals surface area (Å²) in [6.45, 7) is 0.883. The topological polar surface area (TPSA) is 50.7 Å². The van der Waals surface area contributed by atoms with Gasteiger partial charge in [-0.25, -0.2) is 0 Å². The number of aliphatic hydroxyl groups is 1. The van der Waals surface area contributed by atoms with E-state index in [9.17, 15) is 5.11 Å². The van der Waals surface area contributed by atoms with E-state index in [4.69, 9.17) is 21.1 Å². The number of rotatable bonds is 3. The Balaban J connectivity index is 2.09. The minimum atomic E-state index is -0.471. The molecule has 0 radical (unpaired) electrons. The first kappa shape index (κ1) is 11.5. The minimum Gasteiger partial charge on any atom is -0.495 e. The lowest BCUT2D eigenvalue weighted by Gasteiger charge is -2.16. The molecule has 0 amide bonds. The molecule has 2 rings (SSSR count). The largest absolute Gasteiger partial charge is 0.495 e. The molecule has 5 heteroatoms. The molecule has 88 valence electrons. The molecule has 0 aliphatic carbocycles. The molecule has 0 bridgehead atoms. The van der Waals surface area contributed by atoms with E-state index in [0.717, 1.165) is 5.69 Å². The molecule has 0 aromatic heterocycles. The predicted molar refractivity (Wildman–Crippen MR) is 62.2 cm³/mol. The van der Waals surface area contributed by atoms with E-state index in [1.807, 2.05) is 6.07 Å². The maximum Gasteiger partial charge on any atom is 0.139 e. The van der Waals surface area contributed by atoms with Gasteiger partial charge in [0.15, 0.2) is 0 Å². The monoisotopic (exact) mass is 243 g/mol. The van der Waals surface area contributed by atoms with Gasteiger partial charge in [-0.3, -0.25) is 0 Å². The quantitative estimate of drug-likeness (QED) is 0.845. The van der Waals surface area contributed by atoms with Crippen LogP contribution < -0.4 is 10.1 Å². The van der Waals surface area contributed by atoms with Crippen molar-refractivity contribution in [2.24, 2.45) is 0 Å². The van der Waals surface area contributed by atoms with Crippen LogP contribution in [0.25, 0.3) is 0 Å². The van der Waals surface area contributed by atoms with Crippen LogP contribution in [0.5, 0.6) is 5.75 Å². The number of aliphatic hydroxyl groups excluding tert-OH is 1. The van der Waals surface area contributed by atoms with Gasteiger partial charge in [-0.2, -0.15) is 0 Å². The summed E-state index contributed by atoms with van der Waals surface area (Å²) in [5.74, 6) is 0.611. The van der Waals surface area contributed by atoms with Gasteiger partial charge in [-0.1, -0.05) is 11.6 Å². The van der Waals surface area contributed by atoms with Crippen molar-refractivity contribution in [2.45, 2.75) is 12.1 Å². The smallest absolute Gasteiger partial charge is 0.139 e. The van der Waals surface area contributed by atoms with Gasteiger partial charge in [0.1, 0.15) is 5.75 Å². The van der Waals surface area contributed by atoms with Crippen molar-refractivity contribution < 1.29 is 14.6 Å². The fourth-order valence-corrected chi connectivity index (χ4v) is 1.84. The van der Waals surface area contributed by atoms with Crippen molar-refractivity contribution in [3.63, 3.8) is 0 Å². The number of halogens is 1. The molecule has 1 fully saturated rings. The van der Waals surface area contributed by atoms with Crippen molar-refractivity contribution in [2.75, 3.05) is 25.6 Å². The third-order valence-electron chi connectivity index (χ3n) is 2.55. The summed E-state index contributed by atoms with van der Waals surface area (Å²) in [6, 6.07) is 5.32. The number of nitrogens with one attached hydrogen (secondary N) is 1. The van der Waals surface area contributed by atoms with Crippen LogP contribution in [0.15, 0.2) is 18.2 Å². The van der Waals surface area contributed by atoms with E-state index in [0.29, 0.717) is 24.0 Å². The highest BCUT2D eigenvalue weighted by Crippen LogP contribution is 2.28. The van der Waals surface area contributed by atoms with E-state index in [2.05, 4.69) is 5.32 Å². The summed E-state index contributed by atoms with van der Waals surface area (Å²) in [7, 11) is 1.57. The second-order valence-electron chi connectivity index (χ2n) is 3.70. The number of anilines is 1. The van der Waals surface area contributed by atoms with Gasteiger partial charge < -0.3 is 19.9 Å². The molecule has 2 atom stereocenters. The molecule has 0 spiro atoms. The molecule has 16 heavy (non-hydrogen) atoms. The van der Waals surface area contributed by atoms with Crippen molar-refractivity contribution in [1.29, 1.82) is 0 Å². The van der Waals surface area contributed by atoms with Crippen molar-refractivity contribution in [3.05, 3.63) is 23.2 Å². The van der Waals surface area contributed by atoms with Crippen molar-refractivity contribution in [1.82, 2.24) is 0 Å². The first-order valence-corrected chi connectivity index (χ1v) is 5.44. The predicted octanol–water partition coefficient (Wildman–Crippen LogP) is 1.52. The Morgan fingerprint density at radius 2 is 2.31 bits per heavy atom. The Kier molecular flexibility index (Phi) is 3.53. The van der Waals surface area contributed by atoms with Gasteiger partial charge in [0.05, 0.1) is 37.5 Å². The molecular weight excluding hydrogens is 230 g/mol. The van der Waals surface area contributed by atoms with Crippen LogP contribution in [0.2, 0.25) is 5.02 Å². The van der Waals surface area contributed by atoms with Crippen LogP contribution in [0, 0.1) is 0 Å². The normalized spacial score (nSPS) is 24.4. The number of ether oxygens (including phenoxy) is 2. The van der Waals surface area contributed by atoms with Crippen molar-refractivity contribution in [3.8, 4) is 5.75 Å². The lowest BCUT2D eigenvalue weighted by atomic mass is 10.2. The Morgan fingerprint density at radius 3 is 2.94 bits per heavy atom. The lowest BCUT2D eigenvalue weighted by Crippen LogP contribution is -2.31. The van der Waals surface area contributed by atoms with Gasteiger partial charge >= 0.3 is 0 Å². The zero-order chi connectivity index (χ0) is 11.5. The van der Waals surface area contributed by atoms with E-state index >= 15 is 0 Å². The van der Waals surface area contributed by atoms with Crippen molar-refractivity contribution >= 4 is 17.3 Å². The van der Waals surface area contributed by atoms with Gasteiger partial charge in [0.2, 0.25) is 0 Å². The molecule has 1 aromatic carbocycles. The van der Waals surface area contributed by atoms with Crippen LogP contribution in [-0.2, 0) is 4.74 Å². The SMILES string of the molecule is COc1cc(NC2COCC2O)ccc1Cl. The van der Waals surface area contributed by atoms with Gasteiger partial charge in [0.25, 0.3) is 0 Å². The lowest BCUT2D eigenvalue weighted by molar-refractivity contribution is 0.125. The third kappa shape index (κ3) is 2.40. The molecule has 1 aliphatic heterocycles. The van der Waals surface area contributed by atoms with Gasteiger partial charge in [0, 0.05) is 11.8 Å². The molecule has 0 saturated carbocycles. The average molecular weight is 244 g/mol. The van der Waals surface area contributed by atoms with Crippen LogP contribution in [0.3, 0.4) is 0 Å². The molecular formula is C11H14ClNO3. The number of hydrogen-bond acceptors (Lipinski definition) is 4.